The molecule has 1 amide bonds. The van der Waals surface area contributed by atoms with Gasteiger partial charge >= 0.3 is 5.97 Å². The number of nitrogens with zero attached hydrogens (tertiary/aromatic N) is 2. The van der Waals surface area contributed by atoms with E-state index >= 15 is 0 Å². The lowest BCUT2D eigenvalue weighted by molar-refractivity contribution is -0.145. The minimum Gasteiger partial charge on any atom is -0.482 e. The van der Waals surface area contributed by atoms with Crippen LogP contribution in [0.4, 0.5) is 11.4 Å². The Hall–Kier alpha value is -3.84. The fourth-order valence-electron chi connectivity index (χ4n) is 3.12. The van der Waals surface area contributed by atoms with E-state index in [1.165, 1.54) is 11.8 Å². The number of rotatable bonds is 7. The van der Waals surface area contributed by atoms with Gasteiger partial charge in [0.25, 0.3) is 5.91 Å². The predicted octanol–water partition coefficient (Wildman–Crippen LogP) is 5.44. The molecule has 0 N–H and O–H groups in total. The van der Waals surface area contributed by atoms with E-state index in [1.807, 2.05) is 78.9 Å². The van der Waals surface area contributed by atoms with Gasteiger partial charge in [-0.2, -0.15) is 0 Å². The van der Waals surface area contributed by atoms with E-state index in [2.05, 4.69) is 0 Å². The van der Waals surface area contributed by atoms with Crippen molar-refractivity contribution in [3.05, 3.63) is 95.4 Å². The highest BCUT2D eigenvalue weighted by Crippen LogP contribution is 2.37. The Morgan fingerprint density at radius 1 is 0.970 bits per heavy atom. The second-order valence-corrected chi connectivity index (χ2v) is 7.99. The van der Waals surface area contributed by atoms with Crippen LogP contribution in [-0.2, 0) is 14.3 Å². The number of benzene rings is 3. The first-order chi connectivity index (χ1) is 16.1. The summed E-state index contributed by atoms with van der Waals surface area (Å²) in [6.45, 7) is 1.92. The maximum Gasteiger partial charge on any atom is 0.344 e. The molecular weight excluding hydrogens is 436 g/mol. The topological polar surface area (TPSA) is 68.2 Å². The molecule has 0 atom stereocenters. The van der Waals surface area contributed by atoms with E-state index < -0.39 is 5.97 Å². The van der Waals surface area contributed by atoms with Crippen LogP contribution in [0.5, 0.6) is 5.75 Å². The average Bonchev–Trinajstić information content (AvgIpc) is 3.14. The Bertz CT molecular complexity index is 1180. The van der Waals surface area contributed by atoms with Crippen molar-refractivity contribution in [2.45, 2.75) is 6.92 Å². The molecule has 1 aliphatic rings. The third-order valence-electron chi connectivity index (χ3n) is 4.64. The van der Waals surface area contributed by atoms with Crippen molar-refractivity contribution >= 4 is 46.3 Å². The monoisotopic (exact) mass is 458 g/mol. The van der Waals surface area contributed by atoms with E-state index in [9.17, 15) is 9.59 Å². The largest absolute Gasteiger partial charge is 0.482 e. The van der Waals surface area contributed by atoms with Gasteiger partial charge in [0.2, 0.25) is 0 Å². The fourth-order valence-corrected chi connectivity index (χ4v) is 4.12. The van der Waals surface area contributed by atoms with Crippen LogP contribution in [0.25, 0.3) is 6.08 Å². The number of ether oxygens (including phenoxy) is 2. The van der Waals surface area contributed by atoms with Gasteiger partial charge < -0.3 is 9.47 Å². The summed E-state index contributed by atoms with van der Waals surface area (Å²) >= 11 is 1.33. The minimum atomic E-state index is -0.414. The summed E-state index contributed by atoms with van der Waals surface area (Å²) in [4.78, 5) is 31.6. The van der Waals surface area contributed by atoms with E-state index in [1.54, 1.807) is 24.0 Å². The second kappa shape index (κ2) is 10.7. The summed E-state index contributed by atoms with van der Waals surface area (Å²) < 4.78 is 10.3. The number of carbonyl (C=O) groups is 2. The molecule has 0 saturated carbocycles. The molecule has 0 bridgehead atoms. The van der Waals surface area contributed by atoms with Crippen molar-refractivity contribution < 1.29 is 19.1 Å². The highest BCUT2D eigenvalue weighted by molar-refractivity contribution is 8.19. The molecule has 0 spiro atoms. The van der Waals surface area contributed by atoms with Gasteiger partial charge in [0.05, 0.1) is 22.9 Å². The lowest BCUT2D eigenvalue weighted by Gasteiger charge is -2.15. The molecule has 3 aromatic rings. The number of esters is 1. The highest BCUT2D eigenvalue weighted by Gasteiger charge is 2.34. The molecule has 3 aromatic carbocycles. The van der Waals surface area contributed by atoms with Crippen LogP contribution in [0.15, 0.2) is 94.8 Å². The van der Waals surface area contributed by atoms with Gasteiger partial charge in [-0.15, -0.1) is 0 Å². The summed E-state index contributed by atoms with van der Waals surface area (Å²) in [6.07, 6.45) is 1.82. The van der Waals surface area contributed by atoms with Crippen molar-refractivity contribution in [2.24, 2.45) is 4.99 Å². The number of amides is 1. The molecule has 0 aromatic heterocycles. The van der Waals surface area contributed by atoms with E-state index in [4.69, 9.17) is 14.5 Å². The van der Waals surface area contributed by atoms with Crippen molar-refractivity contribution in [2.75, 3.05) is 18.1 Å². The van der Waals surface area contributed by atoms with Crippen LogP contribution < -0.4 is 9.64 Å². The van der Waals surface area contributed by atoms with E-state index in [-0.39, 0.29) is 12.5 Å². The molecule has 6 nitrogen and oxygen atoms in total. The normalized spacial score (nSPS) is 15.8. The van der Waals surface area contributed by atoms with Crippen molar-refractivity contribution in [3.63, 3.8) is 0 Å². The summed E-state index contributed by atoms with van der Waals surface area (Å²) in [5, 5.41) is 0.595. The number of amidine groups is 1. The zero-order chi connectivity index (χ0) is 23.0. The first-order valence-corrected chi connectivity index (χ1v) is 11.3. The van der Waals surface area contributed by atoms with E-state index in [0.29, 0.717) is 22.4 Å². The molecule has 0 radical (unpaired) electrons. The molecule has 4 rings (SSSR count). The zero-order valence-corrected chi connectivity index (χ0v) is 18.8. The third kappa shape index (κ3) is 5.70. The number of carbonyl (C=O) groups excluding carboxylic acids is 2. The fraction of sp³-hybridized carbons (Fsp3) is 0.115. The molecule has 0 aliphatic carbocycles. The minimum absolute atomic E-state index is 0.136. The number of aliphatic imine (C=N–C) groups is 1. The average molecular weight is 459 g/mol. The second-order valence-electron chi connectivity index (χ2n) is 6.98. The number of anilines is 1. The molecule has 0 unspecified atom stereocenters. The molecule has 7 heteroatoms. The van der Waals surface area contributed by atoms with Gasteiger partial charge in [-0.05, 0) is 66.7 Å². The predicted molar refractivity (Wildman–Crippen MR) is 132 cm³/mol. The van der Waals surface area contributed by atoms with E-state index in [0.717, 1.165) is 16.9 Å². The summed E-state index contributed by atoms with van der Waals surface area (Å²) in [6, 6.07) is 26.2. The lowest BCUT2D eigenvalue weighted by Crippen LogP contribution is -2.28. The molecule has 1 fully saturated rings. The Labute approximate surface area is 196 Å². The Balaban J connectivity index is 1.57. The van der Waals surface area contributed by atoms with Crippen LogP contribution in [0.1, 0.15) is 12.5 Å². The van der Waals surface area contributed by atoms with Gasteiger partial charge in [0.15, 0.2) is 11.8 Å². The first-order valence-electron chi connectivity index (χ1n) is 10.5. The smallest absolute Gasteiger partial charge is 0.344 e. The maximum absolute atomic E-state index is 13.3. The SMILES string of the molecule is CCOC(=O)COc1ccc(/C=C2/SC(=Nc3ccccc3)N(c3ccccc3)C2=O)cc1. The third-order valence-corrected chi connectivity index (χ3v) is 5.61. The number of para-hydroxylation sites is 2. The lowest BCUT2D eigenvalue weighted by atomic mass is 10.2. The van der Waals surface area contributed by atoms with Crippen LogP contribution >= 0.6 is 11.8 Å². The Morgan fingerprint density at radius 3 is 2.30 bits per heavy atom. The first kappa shape index (κ1) is 22.4. The zero-order valence-electron chi connectivity index (χ0n) is 18.0. The van der Waals surface area contributed by atoms with Gasteiger partial charge in [-0.3, -0.25) is 9.69 Å². The van der Waals surface area contributed by atoms with Gasteiger partial charge in [-0.1, -0.05) is 48.5 Å². The molecule has 1 aliphatic heterocycles. The molecular formula is C26H22N2O4S. The van der Waals surface area contributed by atoms with Gasteiger partial charge in [0.1, 0.15) is 5.75 Å². The van der Waals surface area contributed by atoms with Crippen LogP contribution in [0.3, 0.4) is 0 Å². The van der Waals surface area contributed by atoms with Crippen LogP contribution in [0.2, 0.25) is 0 Å². The number of hydrogen-bond acceptors (Lipinski definition) is 6. The number of thioether (sulfide) groups is 1. The van der Waals surface area contributed by atoms with Crippen LogP contribution in [0, 0.1) is 0 Å². The summed E-state index contributed by atoms with van der Waals surface area (Å²) in [5.74, 6) is -0.000697. The molecule has 166 valence electrons. The summed E-state index contributed by atoms with van der Waals surface area (Å²) in [5.41, 5.74) is 2.37. The Kier molecular flexibility index (Phi) is 7.22. The van der Waals surface area contributed by atoms with Crippen molar-refractivity contribution in [1.82, 2.24) is 0 Å². The summed E-state index contributed by atoms with van der Waals surface area (Å²) in [7, 11) is 0. The standard InChI is InChI=1S/C26H22N2O4S/c1-2-31-24(29)18-32-22-15-13-19(14-16-22)17-23-25(30)28(21-11-7-4-8-12-21)26(33-23)27-20-9-5-3-6-10-20/h3-17H,2,18H2,1H3/b23-17+,27-26?. The molecule has 1 saturated heterocycles. The molecule has 33 heavy (non-hydrogen) atoms. The number of hydrogen-bond donors (Lipinski definition) is 0. The van der Waals surface area contributed by atoms with Crippen LogP contribution in [-0.4, -0.2) is 30.3 Å². The van der Waals surface area contributed by atoms with Gasteiger partial charge in [-0.25, -0.2) is 9.79 Å². The van der Waals surface area contributed by atoms with Crippen molar-refractivity contribution in [3.8, 4) is 5.75 Å². The quantitative estimate of drug-likeness (QED) is 0.349. The molecule has 1 heterocycles. The van der Waals surface area contributed by atoms with Crippen molar-refractivity contribution in [1.29, 1.82) is 0 Å². The van der Waals surface area contributed by atoms with Gasteiger partial charge in [0, 0.05) is 0 Å². The maximum atomic E-state index is 13.3. The Morgan fingerprint density at radius 2 is 1.64 bits per heavy atom. The highest BCUT2D eigenvalue weighted by atomic mass is 32.2.